The van der Waals surface area contributed by atoms with Gasteiger partial charge in [-0.05, 0) is 17.4 Å². The van der Waals surface area contributed by atoms with Gasteiger partial charge in [0.2, 0.25) is 0 Å². The maximum Gasteiger partial charge on any atom is 0.107 e. The molecule has 1 rings (SSSR count). The minimum absolute atomic E-state index is 0.180. The number of hydrogen-bond donors (Lipinski definition) is 3. The van der Waals surface area contributed by atoms with Crippen LogP contribution in [0.2, 0.25) is 0 Å². The van der Waals surface area contributed by atoms with Crippen molar-refractivity contribution in [1.82, 2.24) is 5.32 Å². The van der Waals surface area contributed by atoms with E-state index in [0.29, 0.717) is 18.2 Å². The van der Waals surface area contributed by atoms with Gasteiger partial charge in [0.05, 0.1) is 6.10 Å². The van der Waals surface area contributed by atoms with Crippen molar-refractivity contribution in [1.29, 1.82) is 0 Å². The monoisotopic (exact) mass is 297 g/mol. The molecule has 1 aromatic rings. The second kappa shape index (κ2) is 9.40. The van der Waals surface area contributed by atoms with Gasteiger partial charge in [-0.3, -0.25) is 5.32 Å². The summed E-state index contributed by atoms with van der Waals surface area (Å²) in [7, 11) is 0. The highest BCUT2D eigenvalue weighted by atomic mass is 32.2. The average Bonchev–Trinajstić information content (AvgIpc) is 2.45. The summed E-state index contributed by atoms with van der Waals surface area (Å²) in [5.41, 5.74) is 1.27. The van der Waals surface area contributed by atoms with Gasteiger partial charge in [0.25, 0.3) is 0 Å². The van der Waals surface area contributed by atoms with E-state index in [0.717, 1.165) is 5.75 Å². The summed E-state index contributed by atoms with van der Waals surface area (Å²) in [5.74, 6) is 2.18. The molecular formula is C16H27NO2S. The van der Waals surface area contributed by atoms with Crippen molar-refractivity contribution in [2.45, 2.75) is 38.9 Å². The zero-order valence-corrected chi connectivity index (χ0v) is 13.4. The van der Waals surface area contributed by atoms with Crippen molar-refractivity contribution >= 4 is 11.8 Å². The highest BCUT2D eigenvalue weighted by molar-refractivity contribution is 7.98. The van der Waals surface area contributed by atoms with Gasteiger partial charge in [0, 0.05) is 18.1 Å². The van der Waals surface area contributed by atoms with Crippen molar-refractivity contribution in [3.63, 3.8) is 0 Å². The van der Waals surface area contributed by atoms with Crippen LogP contribution in [0.4, 0.5) is 0 Å². The highest BCUT2D eigenvalue weighted by Crippen LogP contribution is 2.14. The van der Waals surface area contributed by atoms with Gasteiger partial charge >= 0.3 is 0 Å². The molecule has 0 aliphatic rings. The Morgan fingerprint density at radius 2 is 1.75 bits per heavy atom. The van der Waals surface area contributed by atoms with Gasteiger partial charge in [0.1, 0.15) is 6.23 Å². The summed E-state index contributed by atoms with van der Waals surface area (Å²) in [6, 6.07) is 10.2. The summed E-state index contributed by atoms with van der Waals surface area (Å²) in [6.45, 7) is 6.61. The lowest BCUT2D eigenvalue weighted by atomic mass is 9.96. The molecule has 0 heterocycles. The number of aliphatic hydroxyl groups is 2. The van der Waals surface area contributed by atoms with Gasteiger partial charge < -0.3 is 10.2 Å². The molecule has 0 saturated heterocycles. The highest BCUT2D eigenvalue weighted by Gasteiger charge is 2.17. The van der Waals surface area contributed by atoms with Crippen molar-refractivity contribution in [2.24, 2.45) is 11.8 Å². The molecule has 0 radical (unpaired) electrons. The van der Waals surface area contributed by atoms with Crippen LogP contribution in [0.15, 0.2) is 30.3 Å². The average molecular weight is 297 g/mol. The first-order valence-electron chi connectivity index (χ1n) is 7.22. The maximum atomic E-state index is 9.91. The van der Waals surface area contributed by atoms with Crippen molar-refractivity contribution in [3.05, 3.63) is 35.9 Å². The summed E-state index contributed by atoms with van der Waals surface area (Å²) in [5, 5.41) is 22.8. The third-order valence-electron chi connectivity index (χ3n) is 3.53. The van der Waals surface area contributed by atoms with Crippen LogP contribution in [0.25, 0.3) is 0 Å². The second-order valence-electron chi connectivity index (χ2n) is 5.61. The van der Waals surface area contributed by atoms with Gasteiger partial charge in [-0.15, -0.1) is 0 Å². The fourth-order valence-electron chi connectivity index (χ4n) is 1.75. The maximum absolute atomic E-state index is 9.91. The quantitative estimate of drug-likeness (QED) is 0.613. The third kappa shape index (κ3) is 6.75. The van der Waals surface area contributed by atoms with Gasteiger partial charge in [0.15, 0.2) is 0 Å². The van der Waals surface area contributed by atoms with E-state index in [1.807, 2.05) is 25.1 Å². The zero-order chi connectivity index (χ0) is 15.0. The molecule has 1 aromatic carbocycles. The molecule has 0 saturated carbocycles. The lowest BCUT2D eigenvalue weighted by Crippen LogP contribution is -2.41. The van der Waals surface area contributed by atoms with Crippen LogP contribution in [-0.4, -0.2) is 34.8 Å². The Morgan fingerprint density at radius 1 is 1.10 bits per heavy atom. The fourth-order valence-corrected chi connectivity index (χ4v) is 2.69. The largest absolute Gasteiger partial charge is 0.391 e. The number of thioether (sulfide) groups is 1. The van der Waals surface area contributed by atoms with Crippen molar-refractivity contribution in [2.75, 3.05) is 12.3 Å². The van der Waals surface area contributed by atoms with Gasteiger partial charge in [-0.25, -0.2) is 0 Å². The minimum Gasteiger partial charge on any atom is -0.391 e. The Kier molecular flexibility index (Phi) is 8.22. The molecule has 3 nitrogen and oxygen atoms in total. The molecule has 20 heavy (non-hydrogen) atoms. The zero-order valence-electron chi connectivity index (χ0n) is 12.6. The van der Waals surface area contributed by atoms with Crippen LogP contribution < -0.4 is 5.32 Å². The Labute approximate surface area is 126 Å². The molecule has 0 aliphatic heterocycles. The molecule has 4 heteroatoms. The topological polar surface area (TPSA) is 52.5 Å². The van der Waals surface area contributed by atoms with E-state index in [1.165, 1.54) is 5.56 Å². The summed E-state index contributed by atoms with van der Waals surface area (Å²) in [4.78, 5) is 0. The van der Waals surface area contributed by atoms with Crippen LogP contribution in [0.1, 0.15) is 26.3 Å². The predicted molar refractivity (Wildman–Crippen MR) is 86.6 cm³/mol. The van der Waals surface area contributed by atoms with E-state index in [9.17, 15) is 10.2 Å². The summed E-state index contributed by atoms with van der Waals surface area (Å²) in [6.07, 6.45) is -0.985. The lowest BCUT2D eigenvalue weighted by molar-refractivity contribution is 0.0486. The van der Waals surface area contributed by atoms with Crippen molar-refractivity contribution < 1.29 is 10.2 Å². The molecule has 114 valence electrons. The van der Waals surface area contributed by atoms with Crippen LogP contribution in [0.3, 0.4) is 0 Å². The lowest BCUT2D eigenvalue weighted by Gasteiger charge is -2.24. The standard InChI is InChI=1S/C16H27NO2S/c1-12(2)13(3)16(19)17-9-15(18)11-20-10-14-7-5-4-6-8-14/h4-8,12-13,15-19H,9-11H2,1-3H3/t13?,15-,16+/m1/s1. The SMILES string of the molecule is CC(C)C(C)[C@H](O)NC[C@@H](O)CSCc1ccccc1. The van der Waals surface area contributed by atoms with E-state index < -0.39 is 12.3 Å². The second-order valence-corrected chi connectivity index (χ2v) is 6.64. The molecule has 0 bridgehead atoms. The van der Waals surface area contributed by atoms with Gasteiger partial charge in [-0.2, -0.15) is 11.8 Å². The Balaban J connectivity index is 2.16. The Hall–Kier alpha value is -0.550. The van der Waals surface area contributed by atoms with E-state index in [2.05, 4.69) is 31.3 Å². The molecule has 1 unspecified atom stereocenters. The summed E-state index contributed by atoms with van der Waals surface area (Å²) < 4.78 is 0. The van der Waals surface area contributed by atoms with Crippen LogP contribution in [0, 0.1) is 11.8 Å². The van der Waals surface area contributed by atoms with E-state index in [1.54, 1.807) is 11.8 Å². The Bertz CT molecular complexity index is 359. The minimum atomic E-state index is -0.552. The van der Waals surface area contributed by atoms with Crippen LogP contribution in [-0.2, 0) is 5.75 Å². The summed E-state index contributed by atoms with van der Waals surface area (Å²) >= 11 is 1.71. The number of rotatable bonds is 9. The Morgan fingerprint density at radius 3 is 2.35 bits per heavy atom. The first-order chi connectivity index (χ1) is 9.50. The third-order valence-corrected chi connectivity index (χ3v) is 4.69. The molecule has 0 aliphatic carbocycles. The smallest absolute Gasteiger partial charge is 0.107 e. The number of hydrogen-bond acceptors (Lipinski definition) is 4. The first kappa shape index (κ1) is 17.5. The predicted octanol–water partition coefficient (Wildman–Crippen LogP) is 2.48. The van der Waals surface area contributed by atoms with Crippen molar-refractivity contribution in [3.8, 4) is 0 Å². The van der Waals surface area contributed by atoms with Crippen LogP contribution in [0.5, 0.6) is 0 Å². The first-order valence-corrected chi connectivity index (χ1v) is 8.37. The molecule has 0 spiro atoms. The number of aliphatic hydroxyl groups excluding tert-OH is 2. The van der Waals surface area contributed by atoms with E-state index in [4.69, 9.17) is 0 Å². The molecule has 0 aromatic heterocycles. The molecule has 3 atom stereocenters. The van der Waals surface area contributed by atoms with Gasteiger partial charge in [-0.1, -0.05) is 51.1 Å². The van der Waals surface area contributed by atoms with E-state index >= 15 is 0 Å². The molecule has 3 N–H and O–H groups in total. The molecular weight excluding hydrogens is 270 g/mol. The normalized spacial score (nSPS) is 16.1. The number of benzene rings is 1. The van der Waals surface area contributed by atoms with E-state index in [-0.39, 0.29) is 5.92 Å². The molecule has 0 amide bonds. The van der Waals surface area contributed by atoms with Crippen LogP contribution >= 0.6 is 11.8 Å². The molecule has 0 fully saturated rings. The number of nitrogens with one attached hydrogen (secondary N) is 1. The fraction of sp³-hybridized carbons (Fsp3) is 0.625.